The number of rotatable bonds is 4. The third kappa shape index (κ3) is 6.31. The number of guanidine groups is 1. The SMILES string of the molecule is CN=C(NCC(=O)Nc1ccc(F)c(F)c1F)N1CC(C)OC(c2ccc(F)cc2)C1.I. The maximum atomic E-state index is 13.7. The maximum absolute atomic E-state index is 13.7. The lowest BCUT2D eigenvalue weighted by Crippen LogP contribution is -2.51. The smallest absolute Gasteiger partial charge is 0.243 e. The number of benzene rings is 2. The first-order chi connectivity index (χ1) is 14.8. The molecule has 174 valence electrons. The highest BCUT2D eigenvalue weighted by molar-refractivity contribution is 14.0. The zero-order valence-corrected chi connectivity index (χ0v) is 19.7. The number of aliphatic imine (C=N–C) groups is 1. The summed E-state index contributed by atoms with van der Waals surface area (Å²) < 4.78 is 59.2. The third-order valence-electron chi connectivity index (χ3n) is 4.73. The summed E-state index contributed by atoms with van der Waals surface area (Å²) in [7, 11) is 1.54. The number of ether oxygens (including phenoxy) is 1. The van der Waals surface area contributed by atoms with Gasteiger partial charge >= 0.3 is 0 Å². The lowest BCUT2D eigenvalue weighted by atomic mass is 10.1. The largest absolute Gasteiger partial charge is 0.367 e. The molecule has 3 rings (SSSR count). The number of carbonyl (C=O) groups excluding carboxylic acids is 1. The standard InChI is InChI=1S/C21H22F4N4O2.HI/c1-12-10-29(11-17(31-12)13-3-5-14(22)6-4-13)21(26-2)27-9-18(30)28-16-8-7-15(23)19(24)20(16)25;/h3-8,12,17H,9-11H2,1-2H3,(H,26,27)(H,28,30);1H. The van der Waals surface area contributed by atoms with Crippen molar-refractivity contribution < 1.29 is 27.1 Å². The monoisotopic (exact) mass is 566 g/mol. The number of nitrogens with one attached hydrogen (secondary N) is 2. The molecule has 1 saturated heterocycles. The Morgan fingerprint density at radius 2 is 1.78 bits per heavy atom. The molecule has 0 aliphatic carbocycles. The Morgan fingerprint density at radius 1 is 1.09 bits per heavy atom. The molecule has 1 amide bonds. The fraction of sp³-hybridized carbons (Fsp3) is 0.333. The molecule has 2 aromatic carbocycles. The Hall–Kier alpha value is -2.41. The molecule has 2 aromatic rings. The number of halogens is 5. The number of amides is 1. The van der Waals surface area contributed by atoms with Gasteiger partial charge in [-0.25, -0.2) is 17.6 Å². The van der Waals surface area contributed by atoms with Crippen molar-refractivity contribution in [2.75, 3.05) is 32.0 Å². The van der Waals surface area contributed by atoms with Crippen LogP contribution in [0.4, 0.5) is 23.2 Å². The van der Waals surface area contributed by atoms with Crippen LogP contribution in [-0.2, 0) is 9.53 Å². The van der Waals surface area contributed by atoms with Gasteiger partial charge < -0.3 is 20.3 Å². The first-order valence-electron chi connectivity index (χ1n) is 9.58. The van der Waals surface area contributed by atoms with E-state index in [0.29, 0.717) is 19.0 Å². The molecule has 1 aliphatic heterocycles. The van der Waals surface area contributed by atoms with Crippen molar-refractivity contribution in [1.29, 1.82) is 0 Å². The summed E-state index contributed by atoms with van der Waals surface area (Å²) >= 11 is 0. The van der Waals surface area contributed by atoms with E-state index in [9.17, 15) is 22.4 Å². The second kappa shape index (κ2) is 11.5. The molecule has 0 radical (unpaired) electrons. The average Bonchev–Trinajstić information content (AvgIpc) is 2.75. The van der Waals surface area contributed by atoms with Gasteiger partial charge in [0, 0.05) is 13.6 Å². The van der Waals surface area contributed by atoms with Crippen LogP contribution in [0.15, 0.2) is 41.4 Å². The molecule has 1 heterocycles. The van der Waals surface area contributed by atoms with Gasteiger partial charge in [0.05, 0.1) is 24.9 Å². The van der Waals surface area contributed by atoms with Gasteiger partial charge in [0.2, 0.25) is 5.91 Å². The molecule has 1 aliphatic rings. The Bertz CT molecular complexity index is 975. The molecule has 6 nitrogen and oxygen atoms in total. The highest BCUT2D eigenvalue weighted by Crippen LogP contribution is 2.25. The topological polar surface area (TPSA) is 66.0 Å². The van der Waals surface area contributed by atoms with E-state index in [-0.39, 0.29) is 48.5 Å². The van der Waals surface area contributed by atoms with Crippen LogP contribution in [0.2, 0.25) is 0 Å². The lowest BCUT2D eigenvalue weighted by Gasteiger charge is -2.38. The third-order valence-corrected chi connectivity index (χ3v) is 4.73. The molecular weight excluding hydrogens is 543 g/mol. The molecule has 32 heavy (non-hydrogen) atoms. The first-order valence-corrected chi connectivity index (χ1v) is 9.58. The molecule has 0 saturated carbocycles. The summed E-state index contributed by atoms with van der Waals surface area (Å²) in [4.78, 5) is 18.2. The lowest BCUT2D eigenvalue weighted by molar-refractivity contribution is -0.115. The predicted octanol–water partition coefficient (Wildman–Crippen LogP) is 3.84. The molecule has 0 spiro atoms. The molecule has 2 N–H and O–H groups in total. The van der Waals surface area contributed by atoms with E-state index in [1.54, 1.807) is 19.2 Å². The van der Waals surface area contributed by atoms with Crippen LogP contribution >= 0.6 is 24.0 Å². The van der Waals surface area contributed by atoms with Crippen molar-refractivity contribution in [2.24, 2.45) is 4.99 Å². The van der Waals surface area contributed by atoms with Crippen LogP contribution in [0.1, 0.15) is 18.6 Å². The zero-order chi connectivity index (χ0) is 22.5. The minimum Gasteiger partial charge on any atom is -0.367 e. The highest BCUT2D eigenvalue weighted by Gasteiger charge is 2.28. The van der Waals surface area contributed by atoms with Crippen LogP contribution in [0.25, 0.3) is 0 Å². The minimum atomic E-state index is -1.66. The Kier molecular flexibility index (Phi) is 9.25. The summed E-state index contributed by atoms with van der Waals surface area (Å²) in [6.07, 6.45) is -0.486. The van der Waals surface area contributed by atoms with E-state index in [0.717, 1.165) is 17.7 Å². The van der Waals surface area contributed by atoms with Crippen molar-refractivity contribution >= 4 is 41.5 Å². The second-order valence-electron chi connectivity index (χ2n) is 7.06. The molecule has 0 aromatic heterocycles. The van der Waals surface area contributed by atoms with Crippen molar-refractivity contribution in [1.82, 2.24) is 10.2 Å². The van der Waals surface area contributed by atoms with Crippen molar-refractivity contribution in [3.8, 4) is 0 Å². The average molecular weight is 566 g/mol. The van der Waals surface area contributed by atoms with Crippen molar-refractivity contribution in [3.05, 3.63) is 65.2 Å². The van der Waals surface area contributed by atoms with Crippen LogP contribution in [-0.4, -0.2) is 49.6 Å². The highest BCUT2D eigenvalue weighted by atomic mass is 127. The van der Waals surface area contributed by atoms with Crippen molar-refractivity contribution in [2.45, 2.75) is 19.1 Å². The van der Waals surface area contributed by atoms with Gasteiger partial charge in [0.15, 0.2) is 23.4 Å². The van der Waals surface area contributed by atoms with Crippen LogP contribution in [0, 0.1) is 23.3 Å². The predicted molar refractivity (Wildman–Crippen MR) is 123 cm³/mol. The van der Waals surface area contributed by atoms with Crippen LogP contribution in [0.5, 0.6) is 0 Å². The maximum Gasteiger partial charge on any atom is 0.243 e. The molecule has 11 heteroatoms. The van der Waals surface area contributed by atoms with E-state index in [1.807, 2.05) is 11.8 Å². The van der Waals surface area contributed by atoms with Gasteiger partial charge in [-0.1, -0.05) is 12.1 Å². The van der Waals surface area contributed by atoms with Gasteiger partial charge in [-0.2, -0.15) is 0 Å². The van der Waals surface area contributed by atoms with E-state index >= 15 is 0 Å². The van der Waals surface area contributed by atoms with E-state index in [2.05, 4.69) is 15.6 Å². The Balaban J connectivity index is 0.00000363. The van der Waals surface area contributed by atoms with E-state index in [4.69, 9.17) is 4.74 Å². The first kappa shape index (κ1) is 25.8. The molecule has 1 fully saturated rings. The quantitative estimate of drug-likeness (QED) is 0.194. The normalized spacial score (nSPS) is 18.7. The second-order valence-corrected chi connectivity index (χ2v) is 7.06. The summed E-state index contributed by atoms with van der Waals surface area (Å²) in [5.41, 5.74) is 0.344. The number of nitrogens with zero attached hydrogens (tertiary/aromatic N) is 2. The number of hydrogen-bond acceptors (Lipinski definition) is 3. The van der Waals surface area contributed by atoms with Crippen molar-refractivity contribution in [3.63, 3.8) is 0 Å². The Morgan fingerprint density at radius 3 is 2.44 bits per heavy atom. The fourth-order valence-corrected chi connectivity index (χ4v) is 3.29. The fourth-order valence-electron chi connectivity index (χ4n) is 3.29. The molecular formula is C21H23F4IN4O2. The van der Waals surface area contributed by atoms with Crippen LogP contribution < -0.4 is 10.6 Å². The summed E-state index contributed by atoms with van der Waals surface area (Å²) in [6.45, 7) is 2.51. The van der Waals surface area contributed by atoms with Gasteiger partial charge in [-0.05, 0) is 36.8 Å². The number of carbonyl (C=O) groups is 1. The van der Waals surface area contributed by atoms with Crippen LogP contribution in [0.3, 0.4) is 0 Å². The zero-order valence-electron chi connectivity index (χ0n) is 17.4. The number of morpholine rings is 1. The number of hydrogen-bond donors (Lipinski definition) is 2. The minimum absolute atomic E-state index is 0. The molecule has 2 atom stereocenters. The van der Waals surface area contributed by atoms with Gasteiger partial charge in [-0.15, -0.1) is 24.0 Å². The van der Waals surface area contributed by atoms with Gasteiger partial charge in [0.1, 0.15) is 11.9 Å². The molecule has 0 bridgehead atoms. The summed E-state index contributed by atoms with van der Waals surface area (Å²) in [5.74, 6) is -5.07. The van der Waals surface area contributed by atoms with E-state index < -0.39 is 29.0 Å². The summed E-state index contributed by atoms with van der Waals surface area (Å²) in [5, 5.41) is 5.06. The number of anilines is 1. The van der Waals surface area contributed by atoms with Gasteiger partial charge in [-0.3, -0.25) is 9.79 Å². The van der Waals surface area contributed by atoms with E-state index in [1.165, 1.54) is 12.1 Å². The molecule has 2 unspecified atom stereocenters. The Labute approximate surface area is 200 Å². The summed E-state index contributed by atoms with van der Waals surface area (Å²) in [6, 6.07) is 7.68. The van der Waals surface area contributed by atoms with Gasteiger partial charge in [0.25, 0.3) is 0 Å².